The molecule has 1 N–H and O–H groups in total. The Bertz CT molecular complexity index is 586. The maximum Gasteiger partial charge on any atom is 0.243 e. The van der Waals surface area contributed by atoms with Crippen molar-refractivity contribution in [3.05, 3.63) is 28.5 Å². The molecule has 1 aromatic rings. The number of hydrogen-bond acceptors (Lipinski definition) is 3. The Morgan fingerprint density at radius 1 is 1.40 bits per heavy atom. The Morgan fingerprint density at radius 3 is 2.60 bits per heavy atom. The van der Waals surface area contributed by atoms with Crippen molar-refractivity contribution < 1.29 is 12.8 Å². The second-order valence-electron chi connectivity index (χ2n) is 4.99. The van der Waals surface area contributed by atoms with E-state index in [-0.39, 0.29) is 9.64 Å². The summed E-state index contributed by atoms with van der Waals surface area (Å²) in [5, 5.41) is 0. The molecule has 0 unspecified atom stereocenters. The summed E-state index contributed by atoms with van der Waals surface area (Å²) in [6.45, 7) is 0.353. The van der Waals surface area contributed by atoms with E-state index in [4.69, 9.17) is 0 Å². The van der Waals surface area contributed by atoms with Crippen LogP contribution in [0.25, 0.3) is 0 Å². The van der Waals surface area contributed by atoms with Crippen LogP contribution >= 0.6 is 27.7 Å². The number of sulfonamides is 1. The quantitative estimate of drug-likeness (QED) is 0.848. The Kier molecular flexibility index (Phi) is 5.15. The highest BCUT2D eigenvalue weighted by Gasteiger charge is 2.34. The Morgan fingerprint density at radius 2 is 2.05 bits per heavy atom. The van der Waals surface area contributed by atoms with E-state index in [9.17, 15) is 12.8 Å². The minimum atomic E-state index is -3.80. The van der Waals surface area contributed by atoms with Gasteiger partial charge < -0.3 is 0 Å². The molecule has 0 atom stereocenters. The van der Waals surface area contributed by atoms with Crippen molar-refractivity contribution in [2.24, 2.45) is 0 Å². The third kappa shape index (κ3) is 3.55. The molecule has 3 nitrogen and oxygen atoms in total. The van der Waals surface area contributed by atoms with E-state index in [1.54, 1.807) is 11.8 Å². The van der Waals surface area contributed by atoms with Crippen LogP contribution in [0.2, 0.25) is 0 Å². The fourth-order valence-electron chi connectivity index (χ4n) is 2.47. The maximum absolute atomic E-state index is 13.8. The van der Waals surface area contributed by atoms with Gasteiger partial charge in [-0.05, 0) is 37.3 Å². The SMILES string of the molecule is CSC1(CNS(=O)(=O)c2ccc(Br)cc2F)CCCC1. The van der Waals surface area contributed by atoms with Crippen LogP contribution in [-0.2, 0) is 10.0 Å². The monoisotopic (exact) mass is 381 g/mol. The summed E-state index contributed by atoms with van der Waals surface area (Å²) in [7, 11) is -3.80. The van der Waals surface area contributed by atoms with Crippen LogP contribution in [-0.4, -0.2) is 26.0 Å². The van der Waals surface area contributed by atoms with Gasteiger partial charge in [-0.2, -0.15) is 11.8 Å². The second-order valence-corrected chi connectivity index (χ2v) is 8.92. The molecule has 20 heavy (non-hydrogen) atoms. The van der Waals surface area contributed by atoms with Gasteiger partial charge in [-0.15, -0.1) is 0 Å². The van der Waals surface area contributed by atoms with E-state index in [1.807, 2.05) is 6.26 Å². The summed E-state index contributed by atoms with van der Waals surface area (Å²) in [6.07, 6.45) is 6.24. The molecule has 7 heteroatoms. The van der Waals surface area contributed by atoms with Gasteiger partial charge in [-0.1, -0.05) is 28.8 Å². The van der Waals surface area contributed by atoms with E-state index < -0.39 is 15.8 Å². The van der Waals surface area contributed by atoms with Crippen LogP contribution in [0.4, 0.5) is 4.39 Å². The lowest BCUT2D eigenvalue weighted by molar-refractivity contribution is 0.538. The molecule has 0 radical (unpaired) electrons. The molecule has 0 aromatic heterocycles. The summed E-state index contributed by atoms with van der Waals surface area (Å²) < 4.78 is 41.2. The second kappa shape index (κ2) is 6.34. The molecule has 0 bridgehead atoms. The standard InChI is InChI=1S/C13H17BrFNO2S2/c1-19-13(6-2-3-7-13)9-16-20(17,18)12-5-4-10(14)8-11(12)15/h4-5,8,16H,2-3,6-7,9H2,1H3. The van der Waals surface area contributed by atoms with Gasteiger partial charge >= 0.3 is 0 Å². The van der Waals surface area contributed by atoms with Crippen LogP contribution in [0.3, 0.4) is 0 Å². The number of hydrogen-bond donors (Lipinski definition) is 1. The summed E-state index contributed by atoms with van der Waals surface area (Å²) in [5.41, 5.74) is 0. The lowest BCUT2D eigenvalue weighted by atomic mass is 10.1. The lowest BCUT2D eigenvalue weighted by Crippen LogP contribution is -2.38. The van der Waals surface area contributed by atoms with Crippen molar-refractivity contribution in [1.29, 1.82) is 0 Å². The van der Waals surface area contributed by atoms with Crippen molar-refractivity contribution in [2.75, 3.05) is 12.8 Å². The van der Waals surface area contributed by atoms with Gasteiger partial charge in [0.15, 0.2) is 0 Å². The highest BCUT2D eigenvalue weighted by atomic mass is 79.9. The molecule has 0 amide bonds. The maximum atomic E-state index is 13.8. The van der Waals surface area contributed by atoms with Crippen molar-refractivity contribution in [3.8, 4) is 0 Å². The molecule has 112 valence electrons. The minimum absolute atomic E-state index is 0.0427. The fourth-order valence-corrected chi connectivity index (χ4v) is 4.99. The number of nitrogens with one attached hydrogen (secondary N) is 1. The first-order chi connectivity index (χ1) is 9.38. The molecule has 1 fully saturated rings. The van der Waals surface area contributed by atoms with Crippen LogP contribution in [0.15, 0.2) is 27.6 Å². The molecular formula is C13H17BrFNO2S2. The van der Waals surface area contributed by atoms with E-state index in [0.717, 1.165) is 31.7 Å². The average Bonchev–Trinajstić information content (AvgIpc) is 2.85. The highest BCUT2D eigenvalue weighted by Crippen LogP contribution is 2.39. The van der Waals surface area contributed by atoms with Crippen LogP contribution in [0.1, 0.15) is 25.7 Å². The third-order valence-electron chi connectivity index (χ3n) is 3.72. The molecule has 1 aliphatic rings. The number of halogens is 2. The van der Waals surface area contributed by atoms with E-state index in [0.29, 0.717) is 11.0 Å². The number of benzene rings is 1. The molecule has 0 aliphatic heterocycles. The topological polar surface area (TPSA) is 46.2 Å². The zero-order valence-electron chi connectivity index (χ0n) is 11.2. The molecule has 1 saturated carbocycles. The molecule has 1 aromatic carbocycles. The molecule has 1 aliphatic carbocycles. The first-order valence-corrected chi connectivity index (χ1v) is 9.89. The van der Waals surface area contributed by atoms with Gasteiger partial charge in [0.1, 0.15) is 10.7 Å². The van der Waals surface area contributed by atoms with Crippen LogP contribution in [0, 0.1) is 5.82 Å². The van der Waals surface area contributed by atoms with Gasteiger partial charge in [-0.3, -0.25) is 0 Å². The summed E-state index contributed by atoms with van der Waals surface area (Å²) >= 11 is 4.81. The van der Waals surface area contributed by atoms with Gasteiger partial charge in [0, 0.05) is 15.8 Å². The fraction of sp³-hybridized carbons (Fsp3) is 0.538. The Balaban J connectivity index is 2.15. The van der Waals surface area contributed by atoms with Crippen molar-refractivity contribution >= 4 is 37.7 Å². The Hall–Kier alpha value is -0.110. The third-order valence-corrected chi connectivity index (χ3v) is 7.06. The van der Waals surface area contributed by atoms with E-state index in [2.05, 4.69) is 20.7 Å². The van der Waals surface area contributed by atoms with Gasteiger partial charge in [0.2, 0.25) is 10.0 Å². The van der Waals surface area contributed by atoms with E-state index >= 15 is 0 Å². The normalized spacial score (nSPS) is 18.4. The van der Waals surface area contributed by atoms with Gasteiger partial charge in [0.05, 0.1) is 0 Å². The van der Waals surface area contributed by atoms with Crippen LogP contribution < -0.4 is 4.72 Å². The first kappa shape index (κ1) is 16.3. The summed E-state index contributed by atoms with van der Waals surface area (Å²) in [6, 6.07) is 3.97. The predicted molar refractivity (Wildman–Crippen MR) is 84.0 cm³/mol. The Labute approximate surface area is 131 Å². The predicted octanol–water partition coefficient (Wildman–Crippen LogP) is 3.54. The highest BCUT2D eigenvalue weighted by molar-refractivity contribution is 9.10. The van der Waals surface area contributed by atoms with Crippen LogP contribution in [0.5, 0.6) is 0 Å². The zero-order valence-corrected chi connectivity index (χ0v) is 14.4. The molecular weight excluding hydrogens is 365 g/mol. The minimum Gasteiger partial charge on any atom is -0.210 e. The number of rotatable bonds is 5. The molecule has 2 rings (SSSR count). The van der Waals surface area contributed by atoms with E-state index in [1.165, 1.54) is 12.1 Å². The molecule has 0 heterocycles. The summed E-state index contributed by atoms with van der Waals surface area (Å²) in [4.78, 5) is -0.296. The molecule has 0 spiro atoms. The zero-order chi connectivity index (χ0) is 14.8. The summed E-state index contributed by atoms with van der Waals surface area (Å²) in [5.74, 6) is -0.739. The van der Waals surface area contributed by atoms with Gasteiger partial charge in [0.25, 0.3) is 0 Å². The smallest absolute Gasteiger partial charge is 0.210 e. The number of thioether (sulfide) groups is 1. The van der Waals surface area contributed by atoms with Gasteiger partial charge in [-0.25, -0.2) is 17.5 Å². The van der Waals surface area contributed by atoms with Crippen molar-refractivity contribution in [1.82, 2.24) is 4.72 Å². The first-order valence-electron chi connectivity index (χ1n) is 6.38. The largest absolute Gasteiger partial charge is 0.243 e. The average molecular weight is 382 g/mol. The molecule has 0 saturated heterocycles. The van der Waals surface area contributed by atoms with Crippen molar-refractivity contribution in [2.45, 2.75) is 35.3 Å². The van der Waals surface area contributed by atoms with Crippen molar-refractivity contribution in [3.63, 3.8) is 0 Å². The lowest BCUT2D eigenvalue weighted by Gasteiger charge is -2.26.